The average Bonchev–Trinajstić information content (AvgIpc) is 2.68. The number of nitrogen functional groups attached to an aromatic ring is 1. The summed E-state index contributed by atoms with van der Waals surface area (Å²) in [5.74, 6) is -0.328. The molecule has 0 saturated carbocycles. The second-order valence-corrected chi connectivity index (χ2v) is 3.29. The Morgan fingerprint density at radius 1 is 1.56 bits per heavy atom. The van der Waals surface area contributed by atoms with Crippen LogP contribution in [0, 0.1) is 6.92 Å². The van der Waals surface area contributed by atoms with E-state index in [1.165, 1.54) is 6.20 Å². The number of carbonyl (C=O) groups excluding carboxylic acids is 1. The number of hydrogen-bond donors (Lipinski definition) is 3. The standard InChI is InChI=1S/C10H11N5O/c1-6-8(3-2-4-12-6)14-10(16)9-7(11)5-13-15-9/h2-5H,11H2,1H3,(H,13,15)(H,14,16). The highest BCUT2D eigenvalue weighted by Gasteiger charge is 2.12. The van der Waals surface area contributed by atoms with Gasteiger partial charge in [-0.15, -0.1) is 0 Å². The summed E-state index contributed by atoms with van der Waals surface area (Å²) >= 11 is 0. The molecule has 0 saturated heterocycles. The van der Waals surface area contributed by atoms with Crippen molar-refractivity contribution >= 4 is 17.3 Å². The van der Waals surface area contributed by atoms with E-state index in [1.807, 2.05) is 6.92 Å². The lowest BCUT2D eigenvalue weighted by Crippen LogP contribution is -2.15. The molecule has 2 aromatic heterocycles. The fourth-order valence-corrected chi connectivity index (χ4v) is 1.28. The highest BCUT2D eigenvalue weighted by Crippen LogP contribution is 2.13. The molecule has 0 bridgehead atoms. The molecule has 16 heavy (non-hydrogen) atoms. The number of nitrogens with zero attached hydrogens (tertiary/aromatic N) is 2. The van der Waals surface area contributed by atoms with E-state index in [1.54, 1.807) is 18.3 Å². The van der Waals surface area contributed by atoms with Gasteiger partial charge in [-0.1, -0.05) is 0 Å². The topological polar surface area (TPSA) is 96.7 Å². The predicted molar refractivity (Wildman–Crippen MR) is 59.9 cm³/mol. The molecule has 2 heterocycles. The zero-order valence-corrected chi connectivity index (χ0v) is 8.69. The Kier molecular flexibility index (Phi) is 2.55. The van der Waals surface area contributed by atoms with Gasteiger partial charge in [0.1, 0.15) is 5.69 Å². The van der Waals surface area contributed by atoms with Crippen molar-refractivity contribution in [1.82, 2.24) is 15.2 Å². The first kappa shape index (κ1) is 10.2. The molecule has 0 fully saturated rings. The molecule has 0 aliphatic heterocycles. The van der Waals surface area contributed by atoms with Gasteiger partial charge >= 0.3 is 0 Å². The molecule has 2 aromatic rings. The summed E-state index contributed by atoms with van der Waals surface area (Å²) in [5, 5.41) is 8.92. The highest BCUT2D eigenvalue weighted by molar-refractivity contribution is 6.06. The maximum absolute atomic E-state index is 11.8. The summed E-state index contributed by atoms with van der Waals surface area (Å²) in [4.78, 5) is 15.8. The number of amides is 1. The van der Waals surface area contributed by atoms with E-state index in [0.29, 0.717) is 11.4 Å². The van der Waals surface area contributed by atoms with E-state index < -0.39 is 0 Å². The van der Waals surface area contributed by atoms with Crippen LogP contribution in [0.1, 0.15) is 16.2 Å². The number of carbonyl (C=O) groups is 1. The molecule has 6 nitrogen and oxygen atoms in total. The van der Waals surface area contributed by atoms with Crippen LogP contribution in [0.5, 0.6) is 0 Å². The first-order valence-electron chi connectivity index (χ1n) is 4.70. The SMILES string of the molecule is Cc1ncccc1NC(=O)c1[nH]ncc1N. The lowest BCUT2D eigenvalue weighted by molar-refractivity contribution is 0.102. The molecule has 0 atom stereocenters. The molecule has 0 unspecified atom stereocenters. The molecule has 0 aliphatic carbocycles. The molecular formula is C10H11N5O. The van der Waals surface area contributed by atoms with E-state index in [-0.39, 0.29) is 11.6 Å². The van der Waals surface area contributed by atoms with Gasteiger partial charge in [0.15, 0.2) is 0 Å². The molecular weight excluding hydrogens is 206 g/mol. The molecule has 6 heteroatoms. The third kappa shape index (κ3) is 1.85. The van der Waals surface area contributed by atoms with Gasteiger partial charge in [0.25, 0.3) is 5.91 Å². The fourth-order valence-electron chi connectivity index (χ4n) is 1.28. The lowest BCUT2D eigenvalue weighted by Gasteiger charge is -2.06. The zero-order chi connectivity index (χ0) is 11.5. The first-order valence-corrected chi connectivity index (χ1v) is 4.70. The molecule has 0 spiro atoms. The van der Waals surface area contributed by atoms with Crippen molar-refractivity contribution in [2.24, 2.45) is 0 Å². The Labute approximate surface area is 91.9 Å². The number of aromatic amines is 1. The molecule has 0 aromatic carbocycles. The Hall–Kier alpha value is -2.37. The Morgan fingerprint density at radius 3 is 3.00 bits per heavy atom. The Morgan fingerprint density at radius 2 is 2.38 bits per heavy atom. The van der Waals surface area contributed by atoms with Gasteiger partial charge in [-0.25, -0.2) is 0 Å². The van der Waals surface area contributed by atoms with Crippen molar-refractivity contribution in [1.29, 1.82) is 0 Å². The van der Waals surface area contributed by atoms with E-state index in [4.69, 9.17) is 5.73 Å². The minimum Gasteiger partial charge on any atom is -0.396 e. The van der Waals surface area contributed by atoms with Crippen molar-refractivity contribution in [3.8, 4) is 0 Å². The molecule has 0 aliphatic rings. The number of pyridine rings is 1. The number of anilines is 2. The summed E-state index contributed by atoms with van der Waals surface area (Å²) in [6.45, 7) is 1.81. The monoisotopic (exact) mass is 217 g/mol. The molecule has 1 amide bonds. The van der Waals surface area contributed by atoms with Crippen LogP contribution in [0.15, 0.2) is 24.5 Å². The van der Waals surface area contributed by atoms with E-state index in [9.17, 15) is 4.79 Å². The summed E-state index contributed by atoms with van der Waals surface area (Å²) in [7, 11) is 0. The second-order valence-electron chi connectivity index (χ2n) is 3.29. The lowest BCUT2D eigenvalue weighted by atomic mass is 10.3. The summed E-state index contributed by atoms with van der Waals surface area (Å²) in [5.41, 5.74) is 7.53. The van der Waals surface area contributed by atoms with E-state index in [2.05, 4.69) is 20.5 Å². The fraction of sp³-hybridized carbons (Fsp3) is 0.100. The maximum atomic E-state index is 11.8. The maximum Gasteiger partial charge on any atom is 0.275 e. The Bertz CT molecular complexity index is 519. The van der Waals surface area contributed by atoms with Gasteiger partial charge in [0.05, 0.1) is 23.3 Å². The molecule has 82 valence electrons. The third-order valence-corrected chi connectivity index (χ3v) is 2.15. The van der Waals surface area contributed by atoms with Crippen molar-refractivity contribution in [2.75, 3.05) is 11.1 Å². The normalized spacial score (nSPS) is 10.1. The number of nitrogens with one attached hydrogen (secondary N) is 2. The molecule has 2 rings (SSSR count). The van der Waals surface area contributed by atoms with Crippen LogP contribution in [-0.4, -0.2) is 21.1 Å². The second kappa shape index (κ2) is 4.01. The van der Waals surface area contributed by atoms with Gasteiger partial charge in [-0.2, -0.15) is 5.10 Å². The average molecular weight is 217 g/mol. The minimum absolute atomic E-state index is 0.253. The Balaban J connectivity index is 2.21. The smallest absolute Gasteiger partial charge is 0.275 e. The number of hydrogen-bond acceptors (Lipinski definition) is 4. The molecule has 4 N–H and O–H groups in total. The predicted octanol–water partition coefficient (Wildman–Crippen LogP) is 0.948. The van der Waals surface area contributed by atoms with Gasteiger partial charge in [-0.05, 0) is 19.1 Å². The van der Waals surface area contributed by atoms with Crippen LogP contribution < -0.4 is 11.1 Å². The van der Waals surface area contributed by atoms with Gasteiger partial charge in [0, 0.05) is 6.20 Å². The van der Waals surface area contributed by atoms with Crippen LogP contribution >= 0.6 is 0 Å². The number of aromatic nitrogens is 3. The highest BCUT2D eigenvalue weighted by atomic mass is 16.2. The third-order valence-electron chi connectivity index (χ3n) is 2.15. The van der Waals surface area contributed by atoms with Crippen LogP contribution in [0.25, 0.3) is 0 Å². The van der Waals surface area contributed by atoms with Crippen molar-refractivity contribution in [3.05, 3.63) is 35.9 Å². The van der Waals surface area contributed by atoms with Gasteiger partial charge in [0.2, 0.25) is 0 Å². The summed E-state index contributed by atoms with van der Waals surface area (Å²) < 4.78 is 0. The van der Waals surface area contributed by atoms with Crippen LogP contribution in [0.2, 0.25) is 0 Å². The number of H-pyrrole nitrogens is 1. The van der Waals surface area contributed by atoms with Crippen molar-refractivity contribution < 1.29 is 4.79 Å². The quantitative estimate of drug-likeness (QED) is 0.697. The number of nitrogens with two attached hydrogens (primary N) is 1. The largest absolute Gasteiger partial charge is 0.396 e. The number of rotatable bonds is 2. The van der Waals surface area contributed by atoms with Crippen LogP contribution in [0.4, 0.5) is 11.4 Å². The van der Waals surface area contributed by atoms with Crippen molar-refractivity contribution in [2.45, 2.75) is 6.92 Å². The minimum atomic E-state index is -0.328. The summed E-state index contributed by atoms with van der Waals surface area (Å²) in [6, 6.07) is 3.52. The van der Waals surface area contributed by atoms with E-state index in [0.717, 1.165) is 5.69 Å². The van der Waals surface area contributed by atoms with Crippen molar-refractivity contribution in [3.63, 3.8) is 0 Å². The first-order chi connectivity index (χ1) is 7.68. The molecule has 0 radical (unpaired) electrons. The van der Waals surface area contributed by atoms with Gasteiger partial charge in [-0.3, -0.25) is 14.9 Å². The van der Waals surface area contributed by atoms with E-state index >= 15 is 0 Å². The van der Waals surface area contributed by atoms with Crippen LogP contribution in [0.3, 0.4) is 0 Å². The summed E-state index contributed by atoms with van der Waals surface area (Å²) in [6.07, 6.45) is 3.06. The number of aryl methyl sites for hydroxylation is 1. The zero-order valence-electron chi connectivity index (χ0n) is 8.69. The van der Waals surface area contributed by atoms with Gasteiger partial charge < -0.3 is 11.1 Å². The van der Waals surface area contributed by atoms with Crippen LogP contribution in [-0.2, 0) is 0 Å².